The second-order valence-corrected chi connectivity index (χ2v) is 9.63. The molecule has 2 unspecified atom stereocenters. The molecule has 0 aromatic heterocycles. The van der Waals surface area contributed by atoms with Crippen molar-refractivity contribution in [2.24, 2.45) is 5.92 Å². The lowest BCUT2D eigenvalue weighted by atomic mass is 9.98. The van der Waals surface area contributed by atoms with Crippen molar-refractivity contribution in [1.29, 1.82) is 0 Å². The summed E-state index contributed by atoms with van der Waals surface area (Å²) >= 11 is 0. The minimum Gasteiger partial charge on any atom is -0.480 e. The van der Waals surface area contributed by atoms with Crippen molar-refractivity contribution in [3.8, 4) is 11.1 Å². The number of carboxylic acids is 1. The molecular formula is C27H30N2O5. The van der Waals surface area contributed by atoms with E-state index in [4.69, 9.17) is 4.74 Å². The third-order valence-electron chi connectivity index (χ3n) is 7.53. The number of likely N-dealkylation sites (tertiary alicyclic amines) is 1. The lowest BCUT2D eigenvalue weighted by Gasteiger charge is -2.23. The summed E-state index contributed by atoms with van der Waals surface area (Å²) in [6.45, 7) is 0.796. The van der Waals surface area contributed by atoms with Crippen molar-refractivity contribution < 1.29 is 24.2 Å². The predicted molar refractivity (Wildman–Crippen MR) is 126 cm³/mol. The molecule has 1 saturated heterocycles. The highest BCUT2D eigenvalue weighted by molar-refractivity contribution is 5.84. The number of fused-ring (bicyclic) bond motifs is 3. The maximum Gasteiger partial charge on any atom is 0.407 e. The van der Waals surface area contributed by atoms with Crippen LogP contribution in [-0.4, -0.2) is 53.2 Å². The second-order valence-electron chi connectivity index (χ2n) is 9.63. The molecule has 5 rings (SSSR count). The van der Waals surface area contributed by atoms with Gasteiger partial charge in [-0.3, -0.25) is 4.79 Å². The quantitative estimate of drug-likeness (QED) is 0.672. The number of carboxylic acid groups (broad SMARTS) is 1. The Kier molecular flexibility index (Phi) is 6.26. The number of nitrogens with zero attached hydrogens (tertiary/aromatic N) is 1. The van der Waals surface area contributed by atoms with Gasteiger partial charge in [0, 0.05) is 24.9 Å². The first-order valence-electron chi connectivity index (χ1n) is 12.1. The normalized spacial score (nSPS) is 23.4. The Morgan fingerprint density at radius 2 is 1.65 bits per heavy atom. The molecule has 2 aromatic carbocycles. The van der Waals surface area contributed by atoms with E-state index in [1.54, 1.807) is 0 Å². The molecule has 2 aromatic rings. The van der Waals surface area contributed by atoms with Gasteiger partial charge < -0.3 is 20.1 Å². The molecule has 1 saturated carbocycles. The van der Waals surface area contributed by atoms with Crippen molar-refractivity contribution in [3.05, 3.63) is 59.7 Å². The van der Waals surface area contributed by atoms with Crippen LogP contribution < -0.4 is 5.32 Å². The Morgan fingerprint density at radius 1 is 0.971 bits per heavy atom. The number of nitrogens with one attached hydrogen (secondary N) is 1. The Morgan fingerprint density at radius 3 is 2.32 bits per heavy atom. The van der Waals surface area contributed by atoms with Crippen LogP contribution in [0.2, 0.25) is 0 Å². The molecule has 0 radical (unpaired) electrons. The number of benzene rings is 2. The van der Waals surface area contributed by atoms with Crippen molar-refractivity contribution >= 4 is 18.0 Å². The van der Waals surface area contributed by atoms with E-state index in [-0.39, 0.29) is 30.4 Å². The molecular weight excluding hydrogens is 432 g/mol. The van der Waals surface area contributed by atoms with Gasteiger partial charge in [-0.25, -0.2) is 9.59 Å². The molecule has 7 nitrogen and oxygen atoms in total. The van der Waals surface area contributed by atoms with Crippen molar-refractivity contribution in [2.75, 3.05) is 13.2 Å². The van der Waals surface area contributed by atoms with E-state index in [1.165, 1.54) is 27.2 Å². The van der Waals surface area contributed by atoms with Crippen LogP contribution >= 0.6 is 0 Å². The van der Waals surface area contributed by atoms with Gasteiger partial charge in [0.2, 0.25) is 5.91 Å². The summed E-state index contributed by atoms with van der Waals surface area (Å²) in [6, 6.07) is 15.8. The largest absolute Gasteiger partial charge is 0.480 e. The molecule has 0 bridgehead atoms. The van der Waals surface area contributed by atoms with Crippen LogP contribution in [-0.2, 0) is 14.3 Å². The van der Waals surface area contributed by atoms with Crippen molar-refractivity contribution in [2.45, 2.75) is 56.5 Å². The van der Waals surface area contributed by atoms with Gasteiger partial charge >= 0.3 is 12.1 Å². The Balaban J connectivity index is 1.12. The smallest absolute Gasteiger partial charge is 0.407 e. The minimum absolute atomic E-state index is 0.0229. The molecule has 2 aliphatic carbocycles. The lowest BCUT2D eigenvalue weighted by molar-refractivity contribution is -0.148. The summed E-state index contributed by atoms with van der Waals surface area (Å²) in [5, 5.41) is 12.3. The third kappa shape index (κ3) is 4.39. The lowest BCUT2D eigenvalue weighted by Crippen LogP contribution is -2.41. The SMILES string of the molecule is O=C(NC1CCC(CC(=O)N2CCC[C@@H]2C(=O)O)C1)OCC1c2ccccc2-c2ccccc21. The summed E-state index contributed by atoms with van der Waals surface area (Å²) in [5.41, 5.74) is 4.74. The highest BCUT2D eigenvalue weighted by Gasteiger charge is 2.36. The number of ether oxygens (including phenoxy) is 1. The Hall–Kier alpha value is -3.35. The molecule has 7 heteroatoms. The first kappa shape index (κ1) is 22.4. The zero-order valence-corrected chi connectivity index (χ0v) is 19.1. The number of amides is 2. The van der Waals surface area contributed by atoms with Crippen LogP contribution in [0.25, 0.3) is 11.1 Å². The molecule has 1 heterocycles. The van der Waals surface area contributed by atoms with Gasteiger partial charge in [0.25, 0.3) is 0 Å². The van der Waals surface area contributed by atoms with Crippen LogP contribution in [0.5, 0.6) is 0 Å². The highest BCUT2D eigenvalue weighted by Crippen LogP contribution is 2.44. The third-order valence-corrected chi connectivity index (χ3v) is 7.53. The van der Waals surface area contributed by atoms with Crippen LogP contribution in [0.1, 0.15) is 55.6 Å². The van der Waals surface area contributed by atoms with E-state index < -0.39 is 18.1 Å². The number of rotatable bonds is 6. The topological polar surface area (TPSA) is 95.9 Å². The highest BCUT2D eigenvalue weighted by atomic mass is 16.5. The van der Waals surface area contributed by atoms with Gasteiger partial charge in [0.1, 0.15) is 12.6 Å². The van der Waals surface area contributed by atoms with Gasteiger partial charge in [-0.1, -0.05) is 48.5 Å². The van der Waals surface area contributed by atoms with E-state index in [2.05, 4.69) is 29.6 Å². The van der Waals surface area contributed by atoms with E-state index >= 15 is 0 Å². The summed E-state index contributed by atoms with van der Waals surface area (Å²) in [5.74, 6) is -0.833. The molecule has 3 atom stereocenters. The number of hydrogen-bond acceptors (Lipinski definition) is 4. The zero-order chi connectivity index (χ0) is 23.7. The summed E-state index contributed by atoms with van der Waals surface area (Å²) in [4.78, 5) is 38.1. The maximum atomic E-state index is 12.6. The average molecular weight is 463 g/mol. The molecule has 0 spiro atoms. The van der Waals surface area contributed by atoms with Gasteiger partial charge in [-0.05, 0) is 60.3 Å². The summed E-state index contributed by atoms with van der Waals surface area (Å²) in [6.07, 6.45) is 3.52. The first-order valence-corrected chi connectivity index (χ1v) is 12.1. The number of aliphatic carboxylic acids is 1. The predicted octanol–water partition coefficient (Wildman–Crippen LogP) is 4.16. The monoisotopic (exact) mass is 462 g/mol. The Bertz CT molecular complexity index is 1050. The molecule has 2 N–H and O–H groups in total. The number of hydrogen-bond donors (Lipinski definition) is 2. The number of carbonyl (C=O) groups is 3. The van der Waals surface area contributed by atoms with Crippen LogP contribution in [0.15, 0.2) is 48.5 Å². The van der Waals surface area contributed by atoms with Crippen LogP contribution in [0.4, 0.5) is 4.79 Å². The van der Waals surface area contributed by atoms with Crippen LogP contribution in [0.3, 0.4) is 0 Å². The number of carbonyl (C=O) groups excluding carboxylic acids is 2. The van der Waals surface area contributed by atoms with Gasteiger partial charge in [0.05, 0.1) is 0 Å². The summed E-state index contributed by atoms with van der Waals surface area (Å²) in [7, 11) is 0. The minimum atomic E-state index is -0.924. The fourth-order valence-corrected chi connectivity index (χ4v) is 5.88. The van der Waals surface area contributed by atoms with Crippen LogP contribution in [0, 0.1) is 5.92 Å². The van der Waals surface area contributed by atoms with E-state index in [1.807, 2.05) is 24.3 Å². The average Bonchev–Trinajstić information content (AvgIpc) is 3.56. The van der Waals surface area contributed by atoms with Crippen molar-refractivity contribution in [3.63, 3.8) is 0 Å². The fraction of sp³-hybridized carbons (Fsp3) is 0.444. The molecule has 1 aliphatic heterocycles. The second kappa shape index (κ2) is 9.49. The summed E-state index contributed by atoms with van der Waals surface area (Å²) < 4.78 is 5.65. The number of alkyl carbamates (subject to hydrolysis) is 1. The molecule has 178 valence electrons. The van der Waals surface area contributed by atoms with E-state index in [0.717, 1.165) is 19.3 Å². The van der Waals surface area contributed by atoms with E-state index in [0.29, 0.717) is 25.8 Å². The van der Waals surface area contributed by atoms with Gasteiger partial charge in [-0.2, -0.15) is 0 Å². The first-order chi connectivity index (χ1) is 16.5. The van der Waals surface area contributed by atoms with Gasteiger partial charge in [0.15, 0.2) is 0 Å². The molecule has 34 heavy (non-hydrogen) atoms. The molecule has 3 aliphatic rings. The molecule has 2 fully saturated rings. The Labute approximate surface area is 199 Å². The zero-order valence-electron chi connectivity index (χ0n) is 19.1. The molecule has 2 amide bonds. The van der Waals surface area contributed by atoms with E-state index in [9.17, 15) is 19.5 Å². The van der Waals surface area contributed by atoms with Crippen molar-refractivity contribution in [1.82, 2.24) is 10.2 Å². The standard InChI is InChI=1S/C27H30N2O5/c30-25(29-13-5-10-24(29)26(31)32)15-17-11-12-18(14-17)28-27(33)34-16-23-21-8-3-1-6-19(21)20-7-2-4-9-22(20)23/h1-4,6-9,17-18,23-24H,5,10-16H2,(H,28,33)(H,31,32)/t17?,18?,24-/m1/s1. The fourth-order valence-electron chi connectivity index (χ4n) is 5.88. The van der Waals surface area contributed by atoms with Gasteiger partial charge in [-0.15, -0.1) is 0 Å². The maximum absolute atomic E-state index is 12.6.